The minimum atomic E-state index is 0.728. The van der Waals surface area contributed by atoms with Crippen LogP contribution in [0.4, 0.5) is 11.4 Å². The average Bonchev–Trinajstić information content (AvgIpc) is 2.74. The topological polar surface area (TPSA) is 30.3 Å². The number of nitriles is 1. The van der Waals surface area contributed by atoms with Crippen LogP contribution in [0.3, 0.4) is 0 Å². The van der Waals surface area contributed by atoms with Crippen molar-refractivity contribution in [3.8, 4) is 17.2 Å². The molecule has 0 aromatic heterocycles. The number of para-hydroxylation sites is 1. The number of halogens is 1. The fourth-order valence-corrected chi connectivity index (χ4v) is 3.94. The van der Waals surface area contributed by atoms with Crippen LogP contribution in [-0.4, -0.2) is 26.2 Å². The number of nitrogens with zero attached hydrogens (tertiary/aromatic N) is 3. The third-order valence-corrected chi connectivity index (χ3v) is 5.60. The van der Waals surface area contributed by atoms with Crippen LogP contribution >= 0.6 is 11.6 Å². The summed E-state index contributed by atoms with van der Waals surface area (Å²) in [6.45, 7) is 5.69. The minimum absolute atomic E-state index is 0.728. The number of benzene rings is 3. The van der Waals surface area contributed by atoms with Crippen LogP contribution in [0.25, 0.3) is 11.1 Å². The van der Waals surface area contributed by atoms with E-state index in [2.05, 4.69) is 52.3 Å². The summed E-state index contributed by atoms with van der Waals surface area (Å²) in [5.41, 5.74) is 6.30. The van der Waals surface area contributed by atoms with Gasteiger partial charge in [0.05, 0.1) is 11.3 Å². The van der Waals surface area contributed by atoms with Crippen molar-refractivity contribution < 1.29 is 0 Å². The molecule has 1 heterocycles. The number of piperazine rings is 1. The van der Waals surface area contributed by atoms with Crippen LogP contribution < -0.4 is 9.80 Å². The van der Waals surface area contributed by atoms with Gasteiger partial charge in [-0.15, -0.1) is 0 Å². The van der Waals surface area contributed by atoms with E-state index in [4.69, 9.17) is 11.6 Å². The first kappa shape index (κ1) is 18.4. The molecule has 1 aliphatic rings. The molecule has 0 atom stereocenters. The maximum Gasteiger partial charge on any atom is 0.102 e. The molecule has 1 aliphatic heterocycles. The van der Waals surface area contributed by atoms with Gasteiger partial charge in [-0.3, -0.25) is 0 Å². The summed E-state index contributed by atoms with van der Waals surface area (Å²) in [6.07, 6.45) is 0. The van der Waals surface area contributed by atoms with Crippen LogP contribution in [0.5, 0.6) is 0 Å². The van der Waals surface area contributed by atoms with Crippen molar-refractivity contribution in [3.05, 3.63) is 82.9 Å². The van der Waals surface area contributed by atoms with Gasteiger partial charge in [-0.2, -0.15) is 5.26 Å². The maximum absolute atomic E-state index is 9.75. The van der Waals surface area contributed by atoms with E-state index in [1.165, 1.54) is 5.69 Å². The average molecular weight is 388 g/mol. The van der Waals surface area contributed by atoms with Gasteiger partial charge >= 0.3 is 0 Å². The Balaban J connectivity index is 1.62. The Morgan fingerprint density at radius 3 is 2.11 bits per heavy atom. The molecule has 3 nitrogen and oxygen atoms in total. The highest BCUT2D eigenvalue weighted by Gasteiger charge is 2.21. The largest absolute Gasteiger partial charge is 0.368 e. The van der Waals surface area contributed by atoms with Crippen molar-refractivity contribution in [3.63, 3.8) is 0 Å². The molecule has 1 fully saturated rings. The van der Waals surface area contributed by atoms with Gasteiger partial charge in [0.1, 0.15) is 6.07 Å². The Hall–Kier alpha value is -2.96. The van der Waals surface area contributed by atoms with E-state index in [0.29, 0.717) is 0 Å². The molecule has 1 saturated heterocycles. The molecule has 28 heavy (non-hydrogen) atoms. The second-order valence-corrected chi connectivity index (χ2v) is 7.55. The first-order valence-electron chi connectivity index (χ1n) is 9.51. The van der Waals surface area contributed by atoms with Crippen LogP contribution in [0.1, 0.15) is 11.1 Å². The molecule has 140 valence electrons. The molecule has 0 unspecified atom stereocenters. The van der Waals surface area contributed by atoms with E-state index in [0.717, 1.165) is 59.1 Å². The molecule has 4 heteroatoms. The normalized spacial score (nSPS) is 14.0. The predicted octanol–water partition coefficient (Wildman–Crippen LogP) is 5.51. The standard InChI is InChI=1S/C24H22ClN3/c1-18-15-20(19-7-9-21(25)10-8-19)16-24(23(18)17-26)28-13-11-27(12-14-28)22-5-3-2-4-6-22/h2-10,15-16H,11-14H2,1H3. The predicted molar refractivity (Wildman–Crippen MR) is 117 cm³/mol. The van der Waals surface area contributed by atoms with E-state index in [-0.39, 0.29) is 0 Å². The molecular formula is C24H22ClN3. The Labute approximate surface area is 171 Å². The summed E-state index contributed by atoms with van der Waals surface area (Å²) in [7, 11) is 0. The van der Waals surface area contributed by atoms with Gasteiger partial charge < -0.3 is 9.80 Å². The summed E-state index contributed by atoms with van der Waals surface area (Å²) < 4.78 is 0. The third-order valence-electron chi connectivity index (χ3n) is 5.35. The van der Waals surface area contributed by atoms with E-state index < -0.39 is 0 Å². The van der Waals surface area contributed by atoms with E-state index in [1.54, 1.807) is 0 Å². The Morgan fingerprint density at radius 2 is 1.46 bits per heavy atom. The molecule has 0 spiro atoms. The highest BCUT2D eigenvalue weighted by atomic mass is 35.5. The van der Waals surface area contributed by atoms with Gasteiger partial charge in [0.25, 0.3) is 0 Å². The summed E-state index contributed by atoms with van der Waals surface area (Å²) >= 11 is 6.04. The lowest BCUT2D eigenvalue weighted by Gasteiger charge is -2.38. The Kier molecular flexibility index (Phi) is 5.23. The van der Waals surface area contributed by atoms with E-state index in [1.807, 2.05) is 37.3 Å². The Bertz CT molecular complexity index is 999. The maximum atomic E-state index is 9.75. The molecule has 3 aromatic rings. The second-order valence-electron chi connectivity index (χ2n) is 7.12. The molecule has 0 amide bonds. The minimum Gasteiger partial charge on any atom is -0.368 e. The van der Waals surface area contributed by atoms with Gasteiger partial charge in [-0.25, -0.2) is 0 Å². The van der Waals surface area contributed by atoms with Crippen LogP contribution in [0.15, 0.2) is 66.7 Å². The molecule has 4 rings (SSSR count). The number of hydrogen-bond acceptors (Lipinski definition) is 3. The van der Waals surface area contributed by atoms with Crippen LogP contribution in [0.2, 0.25) is 5.02 Å². The van der Waals surface area contributed by atoms with Crippen molar-refractivity contribution in [1.29, 1.82) is 5.26 Å². The zero-order chi connectivity index (χ0) is 19.5. The molecule has 3 aromatic carbocycles. The number of anilines is 2. The quantitative estimate of drug-likeness (QED) is 0.593. The van der Waals surface area contributed by atoms with Crippen molar-refractivity contribution >= 4 is 23.0 Å². The Morgan fingerprint density at radius 1 is 0.821 bits per heavy atom. The monoisotopic (exact) mass is 387 g/mol. The summed E-state index contributed by atoms with van der Waals surface area (Å²) in [4.78, 5) is 4.74. The van der Waals surface area contributed by atoms with Gasteiger partial charge in [-0.05, 0) is 60.0 Å². The molecule has 0 bridgehead atoms. The zero-order valence-electron chi connectivity index (χ0n) is 15.9. The van der Waals surface area contributed by atoms with Crippen molar-refractivity contribution in [2.45, 2.75) is 6.92 Å². The van der Waals surface area contributed by atoms with Gasteiger partial charge in [0.15, 0.2) is 0 Å². The van der Waals surface area contributed by atoms with Gasteiger partial charge in [0.2, 0.25) is 0 Å². The second kappa shape index (κ2) is 7.96. The summed E-state index contributed by atoms with van der Waals surface area (Å²) in [5.74, 6) is 0. The number of hydrogen-bond donors (Lipinski definition) is 0. The molecule has 0 radical (unpaired) electrons. The SMILES string of the molecule is Cc1cc(-c2ccc(Cl)cc2)cc(N2CCN(c3ccccc3)CC2)c1C#N. The van der Waals surface area contributed by atoms with Gasteiger partial charge in [-0.1, -0.05) is 41.9 Å². The molecular weight excluding hydrogens is 366 g/mol. The first-order chi connectivity index (χ1) is 13.7. The number of aryl methyl sites for hydroxylation is 1. The highest BCUT2D eigenvalue weighted by molar-refractivity contribution is 6.30. The molecule has 0 N–H and O–H groups in total. The van der Waals surface area contributed by atoms with E-state index in [9.17, 15) is 5.26 Å². The van der Waals surface area contributed by atoms with Crippen molar-refractivity contribution in [2.24, 2.45) is 0 Å². The zero-order valence-corrected chi connectivity index (χ0v) is 16.7. The van der Waals surface area contributed by atoms with Crippen LogP contribution in [0, 0.1) is 18.3 Å². The molecule has 0 aliphatic carbocycles. The summed E-state index contributed by atoms with van der Waals surface area (Å²) in [6, 6.07) is 25.0. The van der Waals surface area contributed by atoms with Crippen molar-refractivity contribution in [1.82, 2.24) is 0 Å². The van der Waals surface area contributed by atoms with E-state index >= 15 is 0 Å². The van der Waals surface area contributed by atoms with Gasteiger partial charge in [0, 0.05) is 36.9 Å². The third kappa shape index (κ3) is 3.69. The molecule has 0 saturated carbocycles. The summed E-state index contributed by atoms with van der Waals surface area (Å²) in [5, 5.41) is 10.5. The van der Waals surface area contributed by atoms with Crippen molar-refractivity contribution in [2.75, 3.05) is 36.0 Å². The highest BCUT2D eigenvalue weighted by Crippen LogP contribution is 2.32. The smallest absolute Gasteiger partial charge is 0.102 e. The number of rotatable bonds is 3. The fraction of sp³-hybridized carbons (Fsp3) is 0.208. The lowest BCUT2D eigenvalue weighted by molar-refractivity contribution is 0.653. The fourth-order valence-electron chi connectivity index (χ4n) is 3.82. The lowest BCUT2D eigenvalue weighted by Crippen LogP contribution is -2.46. The van der Waals surface area contributed by atoms with Crippen LogP contribution in [-0.2, 0) is 0 Å². The lowest BCUT2D eigenvalue weighted by atomic mass is 9.97. The first-order valence-corrected chi connectivity index (χ1v) is 9.89.